The molecular weight excluding hydrogens is 402 g/mol. The summed E-state index contributed by atoms with van der Waals surface area (Å²) in [5, 5.41) is 6.17. The monoisotopic (exact) mass is 428 g/mol. The first-order valence-corrected chi connectivity index (χ1v) is 11.8. The van der Waals surface area contributed by atoms with Gasteiger partial charge in [0, 0.05) is 24.4 Å². The Morgan fingerprint density at radius 3 is 2.52 bits per heavy atom. The molecule has 1 heterocycles. The molecule has 161 valence electrons. The molecule has 0 spiro atoms. The average molecular weight is 429 g/mol. The molecule has 0 bridgehead atoms. The second kappa shape index (κ2) is 7.52. The van der Waals surface area contributed by atoms with Gasteiger partial charge in [-0.2, -0.15) is 0 Å². The Balaban J connectivity index is 1.57. The van der Waals surface area contributed by atoms with Crippen molar-refractivity contribution in [2.75, 3.05) is 0 Å². The molecule has 1 aliphatic rings. The van der Waals surface area contributed by atoms with Crippen LogP contribution >= 0.6 is 0 Å². The molecule has 0 aliphatic heterocycles. The highest BCUT2D eigenvalue weighted by atomic mass is 16.1. The molecule has 1 aliphatic carbocycles. The molecule has 5 aromatic rings. The van der Waals surface area contributed by atoms with Crippen molar-refractivity contribution in [2.24, 2.45) is 5.92 Å². The van der Waals surface area contributed by atoms with E-state index in [0.29, 0.717) is 12.2 Å². The van der Waals surface area contributed by atoms with E-state index in [9.17, 15) is 4.79 Å². The lowest BCUT2D eigenvalue weighted by Crippen LogP contribution is -2.45. The number of aryl methyl sites for hydroxylation is 1. The van der Waals surface area contributed by atoms with Crippen molar-refractivity contribution < 1.29 is 4.79 Å². The lowest BCUT2D eigenvalue weighted by Gasteiger charge is -2.41. The Bertz CT molecular complexity index is 1550. The molecule has 0 N–H and O–H groups in total. The summed E-state index contributed by atoms with van der Waals surface area (Å²) < 4.78 is 0. The number of carbonyl (C=O) groups is 1. The summed E-state index contributed by atoms with van der Waals surface area (Å²) in [6.07, 6.45) is 5.41. The van der Waals surface area contributed by atoms with Crippen molar-refractivity contribution in [2.45, 2.75) is 32.1 Å². The van der Waals surface area contributed by atoms with E-state index in [1.54, 1.807) is 0 Å². The highest BCUT2D eigenvalue weighted by Gasteiger charge is 2.46. The third kappa shape index (κ3) is 3.01. The Morgan fingerprint density at radius 1 is 0.818 bits per heavy atom. The second-order valence-corrected chi connectivity index (χ2v) is 9.52. The number of hydrogen-bond donors (Lipinski definition) is 0. The van der Waals surface area contributed by atoms with E-state index in [0.717, 1.165) is 22.9 Å². The van der Waals surface area contributed by atoms with Crippen LogP contribution in [0.4, 0.5) is 0 Å². The molecule has 0 saturated heterocycles. The van der Waals surface area contributed by atoms with Gasteiger partial charge in [-0.25, -0.2) is 0 Å². The number of carbonyl (C=O) groups excluding carboxylic acids is 1. The maximum absolute atomic E-state index is 13.7. The molecule has 2 nitrogen and oxygen atoms in total. The fraction of sp³-hybridized carbons (Fsp3) is 0.194. The molecule has 1 radical (unpaired) electrons. The van der Waals surface area contributed by atoms with E-state index in [-0.39, 0.29) is 5.92 Å². The number of rotatable bonds is 3. The quantitative estimate of drug-likeness (QED) is 0.284. The van der Waals surface area contributed by atoms with Gasteiger partial charge in [-0.1, -0.05) is 74.5 Å². The fourth-order valence-electron chi connectivity index (χ4n) is 5.81. The number of hydrogen-bond acceptors (Lipinski definition) is 2. The SMILES string of the molecule is CC(C)C1([CH]c2ccc3ncccc3c2)C(=O)CCc2c1ccc1c2ccc2ccccc21. The van der Waals surface area contributed by atoms with Crippen LogP contribution in [0.15, 0.2) is 85.1 Å². The molecule has 2 heteroatoms. The molecule has 4 aromatic carbocycles. The summed E-state index contributed by atoms with van der Waals surface area (Å²) in [6.45, 7) is 4.35. The smallest absolute Gasteiger partial charge is 0.144 e. The molecule has 0 amide bonds. The number of aromatic nitrogens is 1. The normalized spacial score (nSPS) is 18.3. The van der Waals surface area contributed by atoms with E-state index in [1.807, 2.05) is 12.3 Å². The van der Waals surface area contributed by atoms with Gasteiger partial charge in [0.15, 0.2) is 0 Å². The summed E-state index contributed by atoms with van der Waals surface area (Å²) in [7, 11) is 0. The van der Waals surface area contributed by atoms with Gasteiger partial charge >= 0.3 is 0 Å². The summed E-state index contributed by atoms with van der Waals surface area (Å²) >= 11 is 0. The van der Waals surface area contributed by atoms with Crippen molar-refractivity contribution in [1.82, 2.24) is 4.98 Å². The van der Waals surface area contributed by atoms with Crippen LogP contribution in [0.25, 0.3) is 32.4 Å². The summed E-state index contributed by atoms with van der Waals surface area (Å²) in [4.78, 5) is 18.1. The molecule has 33 heavy (non-hydrogen) atoms. The predicted octanol–water partition coefficient (Wildman–Crippen LogP) is 7.20. The minimum Gasteiger partial charge on any atom is -0.299 e. The van der Waals surface area contributed by atoms with Crippen molar-refractivity contribution in [1.29, 1.82) is 0 Å². The van der Waals surface area contributed by atoms with E-state index in [1.165, 1.54) is 32.7 Å². The van der Waals surface area contributed by atoms with Crippen LogP contribution < -0.4 is 0 Å². The average Bonchev–Trinajstić information content (AvgIpc) is 2.85. The Morgan fingerprint density at radius 2 is 1.64 bits per heavy atom. The molecule has 1 atom stereocenters. The van der Waals surface area contributed by atoms with Crippen LogP contribution in [0.2, 0.25) is 0 Å². The lowest BCUT2D eigenvalue weighted by atomic mass is 9.60. The highest BCUT2D eigenvalue weighted by molar-refractivity contribution is 6.10. The van der Waals surface area contributed by atoms with Crippen molar-refractivity contribution >= 4 is 38.2 Å². The fourth-order valence-corrected chi connectivity index (χ4v) is 5.81. The van der Waals surface area contributed by atoms with Gasteiger partial charge in [-0.05, 0) is 68.8 Å². The van der Waals surface area contributed by atoms with Crippen molar-refractivity contribution in [3.63, 3.8) is 0 Å². The van der Waals surface area contributed by atoms with Gasteiger partial charge in [0.25, 0.3) is 0 Å². The van der Waals surface area contributed by atoms with Crippen LogP contribution in [0, 0.1) is 12.3 Å². The zero-order valence-electron chi connectivity index (χ0n) is 19.0. The first-order valence-electron chi connectivity index (χ1n) is 11.8. The van der Waals surface area contributed by atoms with Crippen LogP contribution in [0.1, 0.15) is 37.0 Å². The zero-order valence-corrected chi connectivity index (χ0v) is 19.0. The largest absolute Gasteiger partial charge is 0.299 e. The van der Waals surface area contributed by atoms with Gasteiger partial charge in [0.1, 0.15) is 5.78 Å². The van der Waals surface area contributed by atoms with Crippen molar-refractivity contribution in [3.05, 3.63) is 108 Å². The summed E-state index contributed by atoms with van der Waals surface area (Å²) in [5.41, 5.74) is 3.90. The first kappa shape index (κ1) is 20.1. The molecule has 6 rings (SSSR count). The van der Waals surface area contributed by atoms with Gasteiger partial charge in [0.2, 0.25) is 0 Å². The molecule has 1 unspecified atom stereocenters. The number of Topliss-reactive ketones (excluding diaryl/α,β-unsaturated/α-hetero) is 1. The Kier molecular flexibility index (Phi) is 4.58. The number of nitrogens with zero attached hydrogens (tertiary/aromatic N) is 1. The van der Waals surface area contributed by atoms with Crippen LogP contribution in [-0.4, -0.2) is 10.8 Å². The number of fused-ring (bicyclic) bond motifs is 6. The van der Waals surface area contributed by atoms with Crippen molar-refractivity contribution in [3.8, 4) is 0 Å². The number of pyridine rings is 1. The van der Waals surface area contributed by atoms with Crippen LogP contribution in [0.5, 0.6) is 0 Å². The second-order valence-electron chi connectivity index (χ2n) is 9.52. The maximum atomic E-state index is 13.7. The van der Waals surface area contributed by atoms with Gasteiger partial charge < -0.3 is 0 Å². The zero-order chi connectivity index (χ0) is 22.6. The first-order chi connectivity index (χ1) is 16.1. The predicted molar refractivity (Wildman–Crippen MR) is 136 cm³/mol. The topological polar surface area (TPSA) is 30.0 Å². The summed E-state index contributed by atoms with van der Waals surface area (Å²) in [6, 6.07) is 27.8. The van der Waals surface area contributed by atoms with E-state index >= 15 is 0 Å². The summed E-state index contributed by atoms with van der Waals surface area (Å²) in [5.74, 6) is 0.461. The highest BCUT2D eigenvalue weighted by Crippen LogP contribution is 2.47. The third-order valence-electron chi connectivity index (χ3n) is 7.48. The molecule has 0 saturated carbocycles. The minimum atomic E-state index is -0.636. The van der Waals surface area contributed by atoms with Gasteiger partial charge in [-0.3, -0.25) is 9.78 Å². The lowest BCUT2D eigenvalue weighted by molar-refractivity contribution is -0.125. The van der Waals surface area contributed by atoms with Crippen LogP contribution in [0.3, 0.4) is 0 Å². The molecule has 1 aromatic heterocycles. The van der Waals surface area contributed by atoms with Gasteiger partial charge in [0.05, 0.1) is 10.9 Å². The third-order valence-corrected chi connectivity index (χ3v) is 7.48. The van der Waals surface area contributed by atoms with Gasteiger partial charge in [-0.15, -0.1) is 0 Å². The molecular formula is C31H26NO. The van der Waals surface area contributed by atoms with E-state index in [2.05, 4.69) is 98.0 Å². The van der Waals surface area contributed by atoms with E-state index in [4.69, 9.17) is 0 Å². The Labute approximate surface area is 194 Å². The van der Waals surface area contributed by atoms with Crippen LogP contribution in [-0.2, 0) is 16.6 Å². The maximum Gasteiger partial charge on any atom is 0.144 e. The Hall–Kier alpha value is -3.52. The standard InChI is InChI=1S/C31H26NO/c1-20(2)31(19-21-9-15-29-23(18-21)7-5-17-32-29)28-14-12-25-24-8-4-3-6-22(24)10-11-26(25)27(28)13-16-30(31)33/h3-12,14-15,17-20H,13,16H2,1-2H3. The molecule has 0 fully saturated rings. The number of benzene rings is 4. The minimum absolute atomic E-state index is 0.145. The number of ketones is 1. The van der Waals surface area contributed by atoms with E-state index < -0.39 is 5.41 Å².